The largest absolute Gasteiger partial charge is 0.345 e. The lowest BCUT2D eigenvalue weighted by atomic mass is 9.78. The molecule has 1 saturated heterocycles. The van der Waals surface area contributed by atoms with Crippen molar-refractivity contribution in [3.05, 3.63) is 72.9 Å². The monoisotopic (exact) mass is 379 g/mol. The average molecular weight is 380 g/mol. The highest BCUT2D eigenvalue weighted by molar-refractivity contribution is 5.99. The maximum Gasteiger partial charge on any atom is 0.253 e. The maximum atomic E-state index is 12.3. The van der Waals surface area contributed by atoms with Crippen LogP contribution in [0.2, 0.25) is 0 Å². The van der Waals surface area contributed by atoms with Crippen LogP contribution in [0, 0.1) is 16.7 Å². The van der Waals surface area contributed by atoms with Gasteiger partial charge in [0.15, 0.2) is 0 Å². The standard InChI is InChI=1S/C24H33N3O/c1-8-9-22(23(28)26(6)7)21(4)20(3)11-10-19(2)18-27-16-13-24(5,12-15-25)14-17-27/h8-11H,1-4,12-14,16-18H2,5-7H3/b11-10-,22-9+. The molecule has 1 aliphatic rings. The first-order valence-electron chi connectivity index (χ1n) is 9.51. The number of carbonyl (C=O) groups is 1. The first-order chi connectivity index (χ1) is 13.1. The molecule has 0 saturated carbocycles. The zero-order chi connectivity index (χ0) is 21.3. The lowest BCUT2D eigenvalue weighted by Crippen LogP contribution is -2.39. The van der Waals surface area contributed by atoms with Crippen LogP contribution in [-0.2, 0) is 4.79 Å². The first kappa shape index (κ1) is 23.4. The van der Waals surface area contributed by atoms with E-state index >= 15 is 0 Å². The number of hydrogen-bond donors (Lipinski definition) is 0. The number of hydrogen-bond acceptors (Lipinski definition) is 3. The van der Waals surface area contributed by atoms with E-state index in [-0.39, 0.29) is 11.3 Å². The number of rotatable bonds is 9. The van der Waals surface area contributed by atoms with Crippen molar-refractivity contribution in [3.63, 3.8) is 0 Å². The van der Waals surface area contributed by atoms with Crippen molar-refractivity contribution in [1.29, 1.82) is 5.26 Å². The number of carbonyl (C=O) groups excluding carboxylic acids is 1. The smallest absolute Gasteiger partial charge is 0.253 e. The molecule has 0 aliphatic carbocycles. The summed E-state index contributed by atoms with van der Waals surface area (Å²) in [6, 6.07) is 2.31. The highest BCUT2D eigenvalue weighted by atomic mass is 16.2. The molecule has 1 aliphatic heterocycles. The topological polar surface area (TPSA) is 47.3 Å². The Hall–Kier alpha value is -2.64. The molecular weight excluding hydrogens is 346 g/mol. The third kappa shape index (κ3) is 6.83. The minimum Gasteiger partial charge on any atom is -0.345 e. The molecular formula is C24H33N3O. The summed E-state index contributed by atoms with van der Waals surface area (Å²) in [6.07, 6.45) is 9.71. The number of likely N-dealkylation sites (N-methyl/N-ethyl adjacent to an activating group) is 1. The van der Waals surface area contributed by atoms with Gasteiger partial charge in [-0.05, 0) is 54.1 Å². The Morgan fingerprint density at radius 1 is 1.21 bits per heavy atom. The number of allylic oxidation sites excluding steroid dienone is 4. The minimum absolute atomic E-state index is 0.132. The fraction of sp³-hybridized carbons (Fsp3) is 0.417. The molecule has 0 unspecified atom stereocenters. The molecule has 28 heavy (non-hydrogen) atoms. The number of nitriles is 1. The molecule has 0 aromatic rings. The van der Waals surface area contributed by atoms with Crippen molar-refractivity contribution in [2.45, 2.75) is 26.2 Å². The number of amides is 1. The van der Waals surface area contributed by atoms with Crippen LogP contribution in [0.4, 0.5) is 0 Å². The van der Waals surface area contributed by atoms with Crippen LogP contribution in [0.25, 0.3) is 0 Å². The predicted molar refractivity (Wildman–Crippen MR) is 118 cm³/mol. The number of piperidine rings is 1. The maximum absolute atomic E-state index is 12.3. The molecule has 0 aromatic carbocycles. The Balaban J connectivity index is 2.64. The van der Waals surface area contributed by atoms with Crippen molar-refractivity contribution in [1.82, 2.24) is 9.80 Å². The van der Waals surface area contributed by atoms with Gasteiger partial charge in [-0.25, -0.2) is 0 Å². The molecule has 150 valence electrons. The molecule has 1 amide bonds. The van der Waals surface area contributed by atoms with Gasteiger partial charge in [-0.1, -0.05) is 51.5 Å². The fourth-order valence-electron chi connectivity index (χ4n) is 3.11. The lowest BCUT2D eigenvalue weighted by Gasteiger charge is -2.38. The Labute approximate surface area is 170 Å². The van der Waals surface area contributed by atoms with Crippen LogP contribution < -0.4 is 0 Å². The Morgan fingerprint density at radius 2 is 1.82 bits per heavy atom. The summed E-state index contributed by atoms with van der Waals surface area (Å²) in [4.78, 5) is 16.2. The Morgan fingerprint density at radius 3 is 2.32 bits per heavy atom. The molecule has 0 atom stereocenters. The van der Waals surface area contributed by atoms with E-state index in [0.29, 0.717) is 23.1 Å². The highest BCUT2D eigenvalue weighted by Gasteiger charge is 2.29. The first-order valence-corrected chi connectivity index (χ1v) is 9.51. The quantitative estimate of drug-likeness (QED) is 0.440. The van der Waals surface area contributed by atoms with Crippen molar-refractivity contribution in [2.24, 2.45) is 5.41 Å². The molecule has 4 heteroatoms. The molecule has 0 spiro atoms. The van der Waals surface area contributed by atoms with E-state index in [9.17, 15) is 4.79 Å². The van der Waals surface area contributed by atoms with Gasteiger partial charge in [0.1, 0.15) is 0 Å². The van der Waals surface area contributed by atoms with Gasteiger partial charge in [0.2, 0.25) is 0 Å². The van der Waals surface area contributed by atoms with Crippen LogP contribution in [0.1, 0.15) is 26.2 Å². The molecule has 1 fully saturated rings. The third-order valence-electron chi connectivity index (χ3n) is 5.15. The second kappa shape index (κ2) is 10.6. The molecule has 4 nitrogen and oxygen atoms in total. The van der Waals surface area contributed by atoms with Gasteiger partial charge in [-0.2, -0.15) is 5.26 Å². The van der Waals surface area contributed by atoms with Gasteiger partial charge in [0.05, 0.1) is 6.07 Å². The van der Waals surface area contributed by atoms with E-state index in [0.717, 1.165) is 38.0 Å². The average Bonchev–Trinajstić information content (AvgIpc) is 2.65. The van der Waals surface area contributed by atoms with Gasteiger partial charge >= 0.3 is 0 Å². The lowest BCUT2D eigenvalue weighted by molar-refractivity contribution is -0.124. The van der Waals surface area contributed by atoms with Crippen molar-refractivity contribution < 1.29 is 4.79 Å². The molecule has 0 N–H and O–H groups in total. The van der Waals surface area contributed by atoms with E-state index in [2.05, 4.69) is 44.2 Å². The SMILES string of the molecule is C=C/C=C(\C(=C)C(=C)/C=C\C(=C)CN1CCC(C)(CC#N)CC1)C(=O)N(C)C. The van der Waals surface area contributed by atoms with Crippen LogP contribution in [-0.4, -0.2) is 49.4 Å². The molecule has 0 aromatic heterocycles. The minimum atomic E-state index is -0.132. The second-order valence-electron chi connectivity index (χ2n) is 7.93. The predicted octanol–water partition coefficient (Wildman–Crippen LogP) is 4.43. The van der Waals surface area contributed by atoms with E-state index in [1.54, 1.807) is 26.2 Å². The van der Waals surface area contributed by atoms with E-state index in [1.807, 2.05) is 12.2 Å². The molecule has 1 rings (SSSR count). The van der Waals surface area contributed by atoms with Gasteiger partial charge in [0.25, 0.3) is 5.91 Å². The molecule has 0 radical (unpaired) electrons. The summed E-state index contributed by atoms with van der Waals surface area (Å²) < 4.78 is 0. The fourth-order valence-corrected chi connectivity index (χ4v) is 3.11. The summed E-state index contributed by atoms with van der Waals surface area (Å²) >= 11 is 0. The van der Waals surface area contributed by atoms with E-state index in [1.165, 1.54) is 4.90 Å². The van der Waals surface area contributed by atoms with Gasteiger partial charge in [-0.3, -0.25) is 9.69 Å². The van der Waals surface area contributed by atoms with Crippen LogP contribution in [0.3, 0.4) is 0 Å². The summed E-state index contributed by atoms with van der Waals surface area (Å²) in [5.41, 5.74) is 2.85. The Bertz CT molecular complexity index is 738. The normalized spacial score (nSPS) is 17.0. The van der Waals surface area contributed by atoms with Crippen molar-refractivity contribution >= 4 is 5.91 Å². The van der Waals surface area contributed by atoms with Gasteiger partial charge in [-0.15, -0.1) is 0 Å². The number of nitrogens with zero attached hydrogens (tertiary/aromatic N) is 3. The van der Waals surface area contributed by atoms with Gasteiger partial charge < -0.3 is 4.90 Å². The van der Waals surface area contributed by atoms with Crippen LogP contribution in [0.5, 0.6) is 0 Å². The van der Waals surface area contributed by atoms with Crippen LogP contribution >= 0.6 is 0 Å². The summed E-state index contributed by atoms with van der Waals surface area (Å²) in [5, 5.41) is 8.96. The Kier molecular flexibility index (Phi) is 8.88. The van der Waals surface area contributed by atoms with Crippen LogP contribution in [0.15, 0.2) is 72.9 Å². The molecule has 1 heterocycles. The van der Waals surface area contributed by atoms with E-state index < -0.39 is 0 Å². The molecule has 0 bridgehead atoms. The van der Waals surface area contributed by atoms with Crippen molar-refractivity contribution in [3.8, 4) is 6.07 Å². The zero-order valence-electron chi connectivity index (χ0n) is 17.6. The summed E-state index contributed by atoms with van der Waals surface area (Å²) in [6.45, 7) is 20.8. The third-order valence-corrected chi connectivity index (χ3v) is 5.15. The van der Waals surface area contributed by atoms with Crippen molar-refractivity contribution in [2.75, 3.05) is 33.7 Å². The number of likely N-dealkylation sites (tertiary alicyclic amines) is 1. The zero-order valence-corrected chi connectivity index (χ0v) is 17.6. The van der Waals surface area contributed by atoms with Gasteiger partial charge in [0, 0.05) is 32.6 Å². The highest BCUT2D eigenvalue weighted by Crippen LogP contribution is 2.34. The van der Waals surface area contributed by atoms with E-state index in [4.69, 9.17) is 5.26 Å². The summed E-state index contributed by atoms with van der Waals surface area (Å²) in [7, 11) is 3.40. The summed E-state index contributed by atoms with van der Waals surface area (Å²) in [5.74, 6) is -0.132. The second-order valence-corrected chi connectivity index (χ2v) is 7.93.